The lowest BCUT2D eigenvalue weighted by Crippen LogP contribution is -2.32. The highest BCUT2D eigenvalue weighted by molar-refractivity contribution is 7.91. The van der Waals surface area contributed by atoms with Crippen LogP contribution >= 0.6 is 12.4 Å². The highest BCUT2D eigenvalue weighted by atomic mass is 35.5. The summed E-state index contributed by atoms with van der Waals surface area (Å²) in [5, 5.41) is 3.00. The van der Waals surface area contributed by atoms with Gasteiger partial charge in [-0.05, 0) is 31.2 Å². The minimum absolute atomic E-state index is 0. The molecule has 0 aliphatic carbocycles. The first-order valence-electron chi connectivity index (χ1n) is 6.19. The summed E-state index contributed by atoms with van der Waals surface area (Å²) in [5.74, 6) is 0. The summed E-state index contributed by atoms with van der Waals surface area (Å²) in [5.41, 5.74) is 0.508. The average Bonchev–Trinajstić information content (AvgIpc) is 2.33. The van der Waals surface area contributed by atoms with Crippen LogP contribution in [-0.4, -0.2) is 42.7 Å². The molecule has 0 unspecified atom stereocenters. The molecular weight excluding hydrogens is 336 g/mol. The van der Waals surface area contributed by atoms with Crippen molar-refractivity contribution in [2.24, 2.45) is 0 Å². The van der Waals surface area contributed by atoms with Crippen molar-refractivity contribution >= 4 is 32.3 Å². The minimum Gasteiger partial charge on any atom is -0.316 e. The molecular formula is C12H21ClN2O4S2. The van der Waals surface area contributed by atoms with Crippen molar-refractivity contribution in [3.05, 3.63) is 23.8 Å². The molecule has 1 rings (SSSR count). The Morgan fingerprint density at radius 2 is 1.71 bits per heavy atom. The quantitative estimate of drug-likeness (QED) is 0.702. The van der Waals surface area contributed by atoms with Crippen LogP contribution in [0.1, 0.15) is 12.5 Å². The molecule has 0 saturated carbocycles. The van der Waals surface area contributed by atoms with Gasteiger partial charge in [0.05, 0.1) is 9.79 Å². The van der Waals surface area contributed by atoms with Crippen LogP contribution in [0, 0.1) is 6.92 Å². The van der Waals surface area contributed by atoms with Gasteiger partial charge in [-0.15, -0.1) is 12.4 Å². The second-order valence-electron chi connectivity index (χ2n) is 4.45. The monoisotopic (exact) mass is 356 g/mol. The summed E-state index contributed by atoms with van der Waals surface area (Å²) < 4.78 is 49.8. The molecule has 1 aromatic carbocycles. The molecule has 0 saturated heterocycles. The van der Waals surface area contributed by atoms with Gasteiger partial charge >= 0.3 is 0 Å². The van der Waals surface area contributed by atoms with E-state index in [0.717, 1.165) is 12.8 Å². The molecule has 6 nitrogen and oxygen atoms in total. The number of halogens is 1. The maximum atomic E-state index is 12.2. The molecule has 0 fully saturated rings. The SMILES string of the molecule is CCNCCNS(=O)(=O)c1cc(S(C)(=O)=O)ccc1C.Cl. The van der Waals surface area contributed by atoms with Crippen LogP contribution < -0.4 is 10.0 Å². The zero-order chi connectivity index (χ0) is 15.4. The molecule has 0 aliphatic heterocycles. The van der Waals surface area contributed by atoms with Crippen molar-refractivity contribution in [2.75, 3.05) is 25.9 Å². The van der Waals surface area contributed by atoms with Gasteiger partial charge in [0.1, 0.15) is 0 Å². The molecule has 122 valence electrons. The van der Waals surface area contributed by atoms with Crippen LogP contribution in [0.3, 0.4) is 0 Å². The minimum atomic E-state index is -3.71. The van der Waals surface area contributed by atoms with E-state index >= 15 is 0 Å². The van der Waals surface area contributed by atoms with Crippen LogP contribution in [0.5, 0.6) is 0 Å². The Morgan fingerprint density at radius 1 is 1.10 bits per heavy atom. The first-order chi connectivity index (χ1) is 9.18. The summed E-state index contributed by atoms with van der Waals surface area (Å²) in [6.07, 6.45) is 1.05. The molecule has 0 atom stereocenters. The standard InChI is InChI=1S/C12H20N2O4S2.ClH/c1-4-13-7-8-14-20(17,18)12-9-11(19(3,15)16)6-5-10(12)2;/h5-6,9,13-14H,4,7-8H2,1-3H3;1H. The molecule has 0 heterocycles. The van der Waals surface area contributed by atoms with Crippen LogP contribution in [0.2, 0.25) is 0 Å². The highest BCUT2D eigenvalue weighted by Crippen LogP contribution is 2.19. The fourth-order valence-corrected chi connectivity index (χ4v) is 3.65. The second-order valence-corrected chi connectivity index (χ2v) is 8.20. The largest absolute Gasteiger partial charge is 0.316 e. The van der Waals surface area contributed by atoms with E-state index in [0.29, 0.717) is 12.1 Å². The Hall–Kier alpha value is -0.670. The Kier molecular flexibility index (Phi) is 7.83. The predicted molar refractivity (Wildman–Crippen MR) is 85.3 cm³/mol. The van der Waals surface area contributed by atoms with Gasteiger partial charge in [-0.25, -0.2) is 21.6 Å². The number of hydrogen-bond donors (Lipinski definition) is 2. The van der Waals surface area contributed by atoms with E-state index in [1.54, 1.807) is 6.92 Å². The lowest BCUT2D eigenvalue weighted by atomic mass is 10.2. The number of likely N-dealkylation sites (N-methyl/N-ethyl adjacent to an activating group) is 1. The highest BCUT2D eigenvalue weighted by Gasteiger charge is 2.19. The molecule has 9 heteroatoms. The number of nitrogens with one attached hydrogen (secondary N) is 2. The van der Waals surface area contributed by atoms with E-state index in [4.69, 9.17) is 0 Å². The van der Waals surface area contributed by atoms with Crippen molar-refractivity contribution in [1.82, 2.24) is 10.0 Å². The molecule has 0 aliphatic rings. The van der Waals surface area contributed by atoms with Gasteiger partial charge in [-0.1, -0.05) is 13.0 Å². The number of sulfonamides is 1. The van der Waals surface area contributed by atoms with Crippen molar-refractivity contribution in [3.8, 4) is 0 Å². The Bertz CT molecular complexity index is 672. The predicted octanol–water partition coefficient (Wildman–Crippen LogP) is 0.708. The number of aryl methyl sites for hydroxylation is 1. The topological polar surface area (TPSA) is 92.3 Å². The lowest BCUT2D eigenvalue weighted by molar-refractivity contribution is 0.576. The van der Waals surface area contributed by atoms with Crippen LogP contribution in [0.4, 0.5) is 0 Å². The molecule has 0 spiro atoms. The number of benzene rings is 1. The van der Waals surface area contributed by atoms with E-state index < -0.39 is 19.9 Å². The second kappa shape index (κ2) is 8.09. The number of hydrogen-bond acceptors (Lipinski definition) is 5. The van der Waals surface area contributed by atoms with E-state index in [2.05, 4.69) is 10.0 Å². The van der Waals surface area contributed by atoms with Gasteiger partial charge in [0, 0.05) is 19.3 Å². The van der Waals surface area contributed by atoms with Crippen molar-refractivity contribution in [1.29, 1.82) is 0 Å². The third kappa shape index (κ3) is 5.91. The molecule has 2 N–H and O–H groups in total. The van der Waals surface area contributed by atoms with Gasteiger partial charge in [-0.3, -0.25) is 0 Å². The molecule has 0 amide bonds. The van der Waals surface area contributed by atoms with Crippen molar-refractivity contribution < 1.29 is 16.8 Å². The first-order valence-corrected chi connectivity index (χ1v) is 9.57. The fraction of sp³-hybridized carbons (Fsp3) is 0.500. The summed E-state index contributed by atoms with van der Waals surface area (Å²) in [6, 6.07) is 4.10. The van der Waals surface area contributed by atoms with Gasteiger partial charge < -0.3 is 5.32 Å². The van der Waals surface area contributed by atoms with Gasteiger partial charge in [0.15, 0.2) is 9.84 Å². The summed E-state index contributed by atoms with van der Waals surface area (Å²) >= 11 is 0. The van der Waals surface area contributed by atoms with Crippen LogP contribution in [0.15, 0.2) is 28.0 Å². The molecule has 0 aromatic heterocycles. The van der Waals surface area contributed by atoms with E-state index in [1.807, 2.05) is 6.92 Å². The number of sulfone groups is 1. The number of rotatable bonds is 7. The average molecular weight is 357 g/mol. The molecule has 0 bridgehead atoms. The molecule has 21 heavy (non-hydrogen) atoms. The normalized spacial score (nSPS) is 12.0. The van der Waals surface area contributed by atoms with Gasteiger partial charge in [0.25, 0.3) is 0 Å². The first kappa shape index (κ1) is 20.3. The van der Waals surface area contributed by atoms with Crippen molar-refractivity contribution in [2.45, 2.75) is 23.6 Å². The summed E-state index contributed by atoms with van der Waals surface area (Å²) in [7, 11) is -7.14. The fourth-order valence-electron chi connectivity index (χ4n) is 1.63. The molecule has 0 radical (unpaired) electrons. The smallest absolute Gasteiger partial charge is 0.240 e. The van der Waals surface area contributed by atoms with E-state index in [9.17, 15) is 16.8 Å². The maximum Gasteiger partial charge on any atom is 0.240 e. The van der Waals surface area contributed by atoms with Gasteiger partial charge in [-0.2, -0.15) is 0 Å². The maximum absolute atomic E-state index is 12.2. The third-order valence-electron chi connectivity index (χ3n) is 2.72. The summed E-state index contributed by atoms with van der Waals surface area (Å²) in [6.45, 7) is 5.07. The Balaban J connectivity index is 0.00000400. The molecule has 1 aromatic rings. The Morgan fingerprint density at radius 3 is 2.24 bits per heavy atom. The van der Waals surface area contributed by atoms with Crippen LogP contribution in [0.25, 0.3) is 0 Å². The lowest BCUT2D eigenvalue weighted by Gasteiger charge is -2.10. The zero-order valence-corrected chi connectivity index (χ0v) is 14.7. The van der Waals surface area contributed by atoms with Crippen LogP contribution in [-0.2, 0) is 19.9 Å². The van der Waals surface area contributed by atoms with E-state index in [1.165, 1.54) is 18.2 Å². The zero-order valence-electron chi connectivity index (χ0n) is 12.2. The summed E-state index contributed by atoms with van der Waals surface area (Å²) in [4.78, 5) is -0.00733. The van der Waals surface area contributed by atoms with Crippen molar-refractivity contribution in [3.63, 3.8) is 0 Å². The third-order valence-corrected chi connectivity index (χ3v) is 5.43. The van der Waals surface area contributed by atoms with E-state index in [-0.39, 0.29) is 28.7 Å². The van der Waals surface area contributed by atoms with Gasteiger partial charge in [0.2, 0.25) is 10.0 Å². The Labute approximate surface area is 132 Å².